The molecule has 2 spiro atoms. The molecule has 0 radical (unpaired) electrons. The van der Waals surface area contributed by atoms with E-state index in [1.807, 2.05) is 55.4 Å². The van der Waals surface area contributed by atoms with E-state index in [1.165, 1.54) is 6.92 Å². The second kappa shape index (κ2) is 20.3. The summed E-state index contributed by atoms with van der Waals surface area (Å²) in [4.78, 5) is 55.5. The van der Waals surface area contributed by atoms with E-state index in [0.29, 0.717) is 64.2 Å². The molecule has 372 valence electrons. The molecule has 4 saturated heterocycles. The number of Topliss-reactive ketones (excluding diaryl/α,β-unsaturated/α-hetero) is 1. The van der Waals surface area contributed by atoms with Gasteiger partial charge in [-0.25, -0.2) is 9.55 Å². The number of nitrogens with zero attached hydrogens (tertiary/aromatic N) is 3. The fourth-order valence-electron chi connectivity index (χ4n) is 11.7. The van der Waals surface area contributed by atoms with Crippen molar-refractivity contribution in [3.8, 4) is 0 Å². The van der Waals surface area contributed by atoms with E-state index in [2.05, 4.69) is 22.8 Å². The second-order valence-corrected chi connectivity index (χ2v) is 20.6. The minimum absolute atomic E-state index is 0.0120. The van der Waals surface area contributed by atoms with Crippen LogP contribution in [0.1, 0.15) is 139 Å². The van der Waals surface area contributed by atoms with Gasteiger partial charge in [0.1, 0.15) is 18.1 Å². The van der Waals surface area contributed by atoms with Crippen LogP contribution < -0.4 is 10.9 Å². The summed E-state index contributed by atoms with van der Waals surface area (Å²) in [6, 6.07) is 0. The van der Waals surface area contributed by atoms with Crippen LogP contribution >= 0.6 is 0 Å². The third kappa shape index (κ3) is 10.0. The first-order valence-electron chi connectivity index (χ1n) is 24.4. The highest BCUT2D eigenvalue weighted by molar-refractivity contribution is 5.84. The molecule has 5 aliphatic rings. The van der Waals surface area contributed by atoms with Gasteiger partial charge in [0.25, 0.3) is 5.91 Å². The molecule has 5 aliphatic heterocycles. The molecule has 0 aliphatic carbocycles. The van der Waals surface area contributed by atoms with Crippen molar-refractivity contribution in [1.82, 2.24) is 20.4 Å². The van der Waals surface area contributed by atoms with Crippen LogP contribution in [0, 0.1) is 58.5 Å². The molecule has 0 bridgehead atoms. The largest absolute Gasteiger partial charge is 0.392 e. The molecule has 0 aromatic carbocycles. The monoisotopic (exact) mass is 932 g/mol. The fourth-order valence-corrected chi connectivity index (χ4v) is 11.7. The summed E-state index contributed by atoms with van der Waals surface area (Å²) in [5, 5.41) is 46.0. The van der Waals surface area contributed by atoms with Crippen molar-refractivity contribution >= 4 is 23.4 Å². The Morgan fingerprint density at radius 2 is 1.67 bits per heavy atom. The zero-order chi connectivity index (χ0) is 48.7. The summed E-state index contributed by atoms with van der Waals surface area (Å²) in [5.41, 5.74) is 3.14. The van der Waals surface area contributed by atoms with Gasteiger partial charge in [-0.05, 0) is 101 Å². The third-order valence-electron chi connectivity index (χ3n) is 16.3. The highest BCUT2D eigenvalue weighted by Gasteiger charge is 2.63. The van der Waals surface area contributed by atoms with Gasteiger partial charge >= 0.3 is 5.82 Å². The molecular weight excluding hydrogens is 855 g/mol. The van der Waals surface area contributed by atoms with E-state index in [-0.39, 0.29) is 47.4 Å². The van der Waals surface area contributed by atoms with Crippen LogP contribution in [0.5, 0.6) is 0 Å². The molecule has 4 fully saturated rings. The summed E-state index contributed by atoms with van der Waals surface area (Å²) < 4.78 is 35.0. The molecule has 0 saturated carbocycles. The lowest BCUT2D eigenvalue weighted by Crippen LogP contribution is -2.63. The van der Waals surface area contributed by atoms with Crippen LogP contribution in [0.15, 0.2) is 18.3 Å². The Labute approximate surface area is 389 Å². The lowest BCUT2D eigenvalue weighted by Gasteiger charge is -2.54. The number of carbonyl (C=O) groups is 3. The average Bonchev–Trinajstić information content (AvgIpc) is 3.83. The molecule has 18 atom stereocenters. The quantitative estimate of drug-likeness (QED) is 0.0845. The van der Waals surface area contributed by atoms with Crippen LogP contribution in [0.25, 0.3) is 0 Å². The van der Waals surface area contributed by atoms with Crippen molar-refractivity contribution in [2.75, 3.05) is 0 Å². The van der Waals surface area contributed by atoms with E-state index in [9.17, 15) is 39.8 Å². The lowest BCUT2D eigenvalue weighted by molar-refractivity contribution is -0.409. The van der Waals surface area contributed by atoms with Gasteiger partial charge in [-0.2, -0.15) is 0 Å². The first-order chi connectivity index (χ1) is 31.0. The molecule has 18 heteroatoms. The molecular formula is C48H77N5O13. The Morgan fingerprint density at radius 1 is 0.970 bits per heavy atom. The van der Waals surface area contributed by atoms with Gasteiger partial charge in [-0.15, -0.1) is 0 Å². The highest BCUT2D eigenvalue weighted by atomic mass is 16.8. The average molecular weight is 932 g/mol. The first kappa shape index (κ1) is 52.0. The summed E-state index contributed by atoms with van der Waals surface area (Å²) in [6.45, 7) is 20.5. The van der Waals surface area contributed by atoms with Crippen LogP contribution in [-0.2, 0) is 44.6 Å². The van der Waals surface area contributed by atoms with Gasteiger partial charge in [-0.3, -0.25) is 25.2 Å². The summed E-state index contributed by atoms with van der Waals surface area (Å²) in [6.07, 6.45) is 5.61. The number of nitro groups is 1. The Bertz CT molecular complexity index is 1950. The maximum absolute atomic E-state index is 14.7. The number of rotatable bonds is 15. The number of imidazole rings is 1. The summed E-state index contributed by atoms with van der Waals surface area (Å²) in [5.74, 6) is -6.74. The normalized spacial score (nSPS) is 39.2. The van der Waals surface area contributed by atoms with Crippen LogP contribution in [-0.4, -0.2) is 113 Å². The number of ketones is 1. The van der Waals surface area contributed by atoms with E-state index in [1.54, 1.807) is 19.1 Å². The number of hydrogen-bond acceptors (Lipinski definition) is 14. The van der Waals surface area contributed by atoms with Crippen molar-refractivity contribution in [3.05, 3.63) is 34.3 Å². The summed E-state index contributed by atoms with van der Waals surface area (Å²) >= 11 is 0. The molecule has 6 rings (SSSR count). The molecule has 1 aromatic heterocycles. The van der Waals surface area contributed by atoms with Crippen LogP contribution in [0.3, 0.4) is 0 Å². The van der Waals surface area contributed by atoms with E-state index in [0.717, 1.165) is 10.8 Å². The van der Waals surface area contributed by atoms with Crippen molar-refractivity contribution in [2.45, 2.75) is 212 Å². The molecule has 18 nitrogen and oxygen atoms in total. The number of ether oxygens (including phenoxy) is 5. The number of aliphatic hydroxyl groups is 3. The third-order valence-corrected chi connectivity index (χ3v) is 16.3. The van der Waals surface area contributed by atoms with Gasteiger partial charge in [0.05, 0.1) is 53.7 Å². The number of aliphatic hydroxyl groups excluding tert-OH is 2. The number of aryl methyl sites for hydroxylation is 1. The van der Waals surface area contributed by atoms with Gasteiger partial charge in [-0.1, -0.05) is 55.4 Å². The van der Waals surface area contributed by atoms with Crippen LogP contribution in [0.4, 0.5) is 5.82 Å². The van der Waals surface area contributed by atoms with Crippen molar-refractivity contribution in [2.24, 2.45) is 41.4 Å². The van der Waals surface area contributed by atoms with E-state index in [4.69, 9.17) is 23.7 Å². The molecule has 1 unspecified atom stereocenters. The SMILES string of the molecule is CC[C@@H](C(=O)[C@@H](C)[C@@H](O)[C@H](C)[C@@H]1O[C@@H]([C@@H](CC)C(=O)NNC(=O)Cn2c([N+](=O)[O-])cnc2C)CCC1C)[C@H]1O[C@]2(C=C[C@@H](O)[C@]3(CC[C@@](C)([C@H]4CC[C@](O)(CC)[C@H](C)O4)O3)O2)[C@H](C)C[C@@H]1C. The number of amides is 2. The first-order valence-corrected chi connectivity index (χ1v) is 24.4. The van der Waals surface area contributed by atoms with Crippen molar-refractivity contribution < 1.29 is 58.3 Å². The summed E-state index contributed by atoms with van der Waals surface area (Å²) in [7, 11) is 0. The Hall–Kier alpha value is -3.36. The Morgan fingerprint density at radius 3 is 2.30 bits per heavy atom. The Balaban J connectivity index is 1.10. The predicted molar refractivity (Wildman–Crippen MR) is 241 cm³/mol. The lowest BCUT2D eigenvalue weighted by atomic mass is 9.72. The number of carbonyl (C=O) groups excluding carboxylic acids is 3. The van der Waals surface area contributed by atoms with Crippen molar-refractivity contribution in [3.63, 3.8) is 0 Å². The molecule has 1 aromatic rings. The van der Waals surface area contributed by atoms with Gasteiger partial charge < -0.3 is 49.1 Å². The number of hydrazine groups is 1. The number of nitrogens with one attached hydrogen (secondary N) is 2. The number of aromatic nitrogens is 2. The Kier molecular flexibility index (Phi) is 16.0. The topological polar surface area (TPSA) is 243 Å². The van der Waals surface area contributed by atoms with Crippen LogP contribution in [0.2, 0.25) is 0 Å². The minimum atomic E-state index is -1.41. The van der Waals surface area contributed by atoms with Gasteiger partial charge in [0.2, 0.25) is 11.7 Å². The zero-order valence-corrected chi connectivity index (χ0v) is 40.9. The van der Waals surface area contributed by atoms with Gasteiger partial charge in [0.15, 0.2) is 18.2 Å². The molecule has 5 N–H and O–H groups in total. The smallest absolute Gasteiger partial charge is 0.343 e. The zero-order valence-electron chi connectivity index (χ0n) is 40.9. The maximum Gasteiger partial charge on any atom is 0.343 e. The van der Waals surface area contributed by atoms with E-state index >= 15 is 0 Å². The fraction of sp³-hybridized carbons (Fsp3) is 0.833. The number of hydrogen-bond donors (Lipinski definition) is 5. The minimum Gasteiger partial charge on any atom is -0.392 e. The van der Waals surface area contributed by atoms with Crippen molar-refractivity contribution in [1.29, 1.82) is 0 Å². The second-order valence-electron chi connectivity index (χ2n) is 20.6. The molecule has 2 amide bonds. The standard InChI is InChI=1S/C48H77N5O13/c1-12-33(44(58)51-50-38(55)25-52-32(10)49-24-39(52)53(60)61)35-16-15-26(4)42(63-35)30(8)40(56)29(7)41(57)34(13-2)43-27(5)23-28(6)47(64-43)20-17-36(54)48(66-47)22-21-45(11,65-48)37-18-19-46(59,14-3)31(9)62-37/h17,20,24,26-31,33-37,40,42-43,54,56,59H,12-16,18-19,21-23,25H2,1-11H3,(H,50,55)(H,51,58)/t26?,27-,28+,29-,30-,31-,33+,34-,35+,36+,37+,40+,42+,43-,45-,46+,47-,48-/m0/s1. The predicted octanol–water partition coefficient (Wildman–Crippen LogP) is 5.36. The van der Waals surface area contributed by atoms with E-state index < -0.39 is 100 Å². The molecule has 6 heterocycles. The highest BCUT2D eigenvalue weighted by Crippen LogP contribution is 2.54. The molecule has 66 heavy (non-hydrogen) atoms. The van der Waals surface area contributed by atoms with Gasteiger partial charge in [0, 0.05) is 37.0 Å². The maximum atomic E-state index is 14.7.